The van der Waals surface area contributed by atoms with E-state index in [0.717, 1.165) is 101 Å². The number of aryl methyl sites for hydroxylation is 6. The fourth-order valence-corrected chi connectivity index (χ4v) is 17.1. The second kappa shape index (κ2) is 28.1. The minimum absolute atomic E-state index is 0.0178. The highest BCUT2D eigenvalue weighted by molar-refractivity contribution is 6.08. The summed E-state index contributed by atoms with van der Waals surface area (Å²) in [6, 6.07) is 26.1. The van der Waals surface area contributed by atoms with Crippen LogP contribution in [0.3, 0.4) is 0 Å². The molecule has 0 unspecified atom stereocenters. The number of ether oxygens (including phenoxy) is 14. The Balaban J connectivity index is 0.000000118. The van der Waals surface area contributed by atoms with E-state index in [2.05, 4.69) is 59.6 Å². The van der Waals surface area contributed by atoms with Gasteiger partial charge in [-0.25, -0.2) is 4.79 Å². The summed E-state index contributed by atoms with van der Waals surface area (Å²) < 4.78 is 84.5. The zero-order chi connectivity index (χ0) is 79.2. The van der Waals surface area contributed by atoms with Crippen LogP contribution in [-0.2, 0) is 44.6 Å². The summed E-state index contributed by atoms with van der Waals surface area (Å²) in [5.74, 6) is 3.18. The van der Waals surface area contributed by atoms with Crippen molar-refractivity contribution in [3.8, 4) is 63.2 Å². The molecule has 12 aliphatic rings. The van der Waals surface area contributed by atoms with Gasteiger partial charge in [0, 0.05) is 64.6 Å². The lowest BCUT2D eigenvalue weighted by molar-refractivity contribution is -0.174. The topological polar surface area (TPSA) is 278 Å². The van der Waals surface area contributed by atoms with Crippen molar-refractivity contribution in [1.82, 2.24) is 0 Å². The molecule has 12 aliphatic heterocycles. The summed E-state index contributed by atoms with van der Waals surface area (Å²) >= 11 is 0. The van der Waals surface area contributed by atoms with E-state index >= 15 is 0 Å². The Morgan fingerprint density at radius 2 is 0.838 bits per heavy atom. The van der Waals surface area contributed by atoms with Crippen molar-refractivity contribution in [3.63, 3.8) is 0 Å². The number of hydrogen-bond donors (Lipinski definition) is 4. The first kappa shape index (κ1) is 76.4. The van der Waals surface area contributed by atoms with Crippen molar-refractivity contribution in [2.45, 2.75) is 211 Å². The molecule has 0 spiro atoms. The molecule has 2 saturated heterocycles. The van der Waals surface area contributed by atoms with Gasteiger partial charge in [0.25, 0.3) is 0 Å². The van der Waals surface area contributed by atoms with Gasteiger partial charge in [-0.1, -0.05) is 24.8 Å². The lowest BCUT2D eigenvalue weighted by atomic mass is 9.80. The number of carboxylic acid groups (broad SMARTS) is 1. The molecular weight excluding hydrogens is 1420 g/mol. The second-order valence-corrected chi connectivity index (χ2v) is 32.7. The van der Waals surface area contributed by atoms with Gasteiger partial charge in [0.2, 0.25) is 0 Å². The quantitative estimate of drug-likeness (QED) is 0.113. The van der Waals surface area contributed by atoms with Gasteiger partial charge in [0.15, 0.2) is 28.9 Å². The summed E-state index contributed by atoms with van der Waals surface area (Å²) in [4.78, 5) is 51.6. The zero-order valence-corrected chi connectivity index (χ0v) is 65.2. The first-order valence-electron chi connectivity index (χ1n) is 37.8. The first-order chi connectivity index (χ1) is 52.6. The average molecular weight is 1520 g/mol. The van der Waals surface area contributed by atoms with Gasteiger partial charge in [-0.05, 0) is 203 Å². The van der Waals surface area contributed by atoms with E-state index in [1.165, 1.54) is 13.0 Å². The van der Waals surface area contributed by atoms with Gasteiger partial charge in [0.05, 0.1) is 54.3 Å². The maximum atomic E-state index is 13.7. The highest BCUT2D eigenvalue weighted by atomic mass is 16.8. The molecule has 0 radical (unpaired) electrons. The summed E-state index contributed by atoms with van der Waals surface area (Å²) in [7, 11) is 0. The molecule has 13 atom stereocenters. The monoisotopic (exact) mass is 1520 g/mol. The van der Waals surface area contributed by atoms with Crippen LogP contribution >= 0.6 is 0 Å². The Bertz CT molecular complexity index is 5030. The van der Waals surface area contributed by atoms with Crippen LogP contribution in [0.1, 0.15) is 187 Å². The second-order valence-electron chi connectivity index (χ2n) is 32.7. The predicted octanol–water partition coefficient (Wildman–Crippen LogP) is 13.8. The van der Waals surface area contributed by atoms with E-state index in [0.29, 0.717) is 110 Å². The third kappa shape index (κ3) is 13.4. The zero-order valence-electron chi connectivity index (χ0n) is 65.2. The van der Waals surface area contributed by atoms with Crippen LogP contribution in [0.25, 0.3) is 0 Å². The SMILES string of the molecule is C=C.C=C(C)[C@H]1Cc2c(ccc3c2O[C@@H]2COc4cc(C)c(C)cc4[C@@H]2C3=O)O1.CC1(C)OC[C@@](C)([C@H]2Cc3c(ccc(C(=O)O)c3O)O2)O1.Cc1cc2c(cc1C)[C@@H]1C(=O)c3ccc4c(c3O[C@@H]1CO2)C[C@H]([C@@](C)(O)CO)O4.Cc1cc2c(cc1C)[C@@H]1C(=O)c3ccc4c(c3O[C@@H]1CO2)C[C@H]([C@]1(C)COC(C)(C)O1)O4. The highest BCUT2D eigenvalue weighted by Crippen LogP contribution is 2.54. The Morgan fingerprint density at radius 1 is 0.486 bits per heavy atom. The van der Waals surface area contributed by atoms with Crippen molar-refractivity contribution >= 4 is 23.3 Å². The van der Waals surface area contributed by atoms with Crippen molar-refractivity contribution in [2.24, 2.45) is 0 Å². The maximum Gasteiger partial charge on any atom is 0.339 e. The molecule has 7 aromatic carbocycles. The number of aromatic hydroxyl groups is 1. The Labute approximate surface area is 645 Å². The number of phenols is 1. The van der Waals surface area contributed by atoms with Crippen LogP contribution < -0.4 is 47.4 Å². The number of rotatable bonds is 6. The molecular formula is C89H96O22. The summed E-state index contributed by atoms with van der Waals surface area (Å²) in [6.45, 7) is 38.6. The van der Waals surface area contributed by atoms with Crippen LogP contribution in [-0.4, -0.2) is 154 Å². The molecule has 12 heterocycles. The molecule has 22 heteroatoms. The van der Waals surface area contributed by atoms with Gasteiger partial charge in [0.1, 0.15) is 148 Å². The van der Waals surface area contributed by atoms with Crippen LogP contribution in [0.15, 0.2) is 110 Å². The Hall–Kier alpha value is -9.94. The number of fused-ring (bicyclic) bond motifs is 19. The van der Waals surface area contributed by atoms with Gasteiger partial charge >= 0.3 is 5.97 Å². The standard InChI is InChI=1S/C26H28O6.C23H24O6.C23H22O4.C15H18O6.C2H4/c1-13-8-16-19(9-14(13)2)28-11-20-22(16)23(27)15-6-7-18-17(24(15)31-20)10-21(30-18)26(5)12-29-25(3,4)32-26;1-11-6-14-17(7-12(11)2)27-9-18-20(14)21(25)13-4-5-16-15(22(13)29-18)8-19(28-16)23(3,26)10-24;1-11(2)18-9-16-17(26-18)6-5-14-22(24)21-15-7-12(3)13(4)8-19(15)25-10-20(21)27-23(14)16;1-14(2)19-7-15(3,21-14)11-6-9-10(20-11)5-4-8(12(9)16)13(17)18;1-2/h6-9,20-22H,10-12H2,1-5H3;4-7,18-20,24,26H,8-10H2,1-3H3;5-8,18,20-21H,1,9-10H2,2-4H3;4-5,11,16H,6-7H2,1-3H3,(H,17,18);1-2H2/t20-,21-,22+,26+;18-,19-,20+,23+;18-,20-,21+;11-,15+;/m1111./s1. The van der Waals surface area contributed by atoms with E-state index < -0.39 is 59.1 Å². The molecule has 111 heavy (non-hydrogen) atoms. The fourth-order valence-electron chi connectivity index (χ4n) is 17.1. The van der Waals surface area contributed by atoms with E-state index in [1.807, 2.05) is 111 Å². The van der Waals surface area contributed by atoms with Crippen LogP contribution in [0.4, 0.5) is 0 Å². The molecule has 7 aromatic rings. The number of aliphatic hydroxyl groups excluding tert-OH is 1. The van der Waals surface area contributed by atoms with Crippen molar-refractivity contribution in [2.75, 3.05) is 39.6 Å². The maximum absolute atomic E-state index is 13.7. The van der Waals surface area contributed by atoms with Crippen LogP contribution in [0.5, 0.6) is 63.2 Å². The minimum atomic E-state index is -1.38. The van der Waals surface area contributed by atoms with Gasteiger partial charge in [-0.2, -0.15) is 0 Å². The molecule has 0 aliphatic carbocycles. The first-order valence-corrected chi connectivity index (χ1v) is 37.8. The Kier molecular flexibility index (Phi) is 19.3. The summed E-state index contributed by atoms with van der Waals surface area (Å²) in [5.41, 5.74) is 12.8. The molecule has 4 N–H and O–H groups in total. The van der Waals surface area contributed by atoms with Crippen molar-refractivity contribution in [3.05, 3.63) is 205 Å². The molecule has 584 valence electrons. The van der Waals surface area contributed by atoms with Gasteiger partial charge in [-0.15, -0.1) is 13.2 Å². The highest BCUT2D eigenvalue weighted by Gasteiger charge is 2.55. The molecule has 0 aromatic heterocycles. The van der Waals surface area contributed by atoms with Gasteiger partial charge < -0.3 is 86.7 Å². The third-order valence-electron chi connectivity index (χ3n) is 23.7. The van der Waals surface area contributed by atoms with E-state index in [9.17, 15) is 34.5 Å². The van der Waals surface area contributed by atoms with Crippen molar-refractivity contribution in [1.29, 1.82) is 0 Å². The largest absolute Gasteiger partial charge is 0.507 e. The molecule has 2 fully saturated rings. The average Bonchev–Trinajstić information content (AvgIpc) is 1.73. The normalized spacial score (nSPS) is 27.6. The number of Topliss-reactive ketones (excluding diaryl/α,β-unsaturated/α-hetero) is 3. The van der Waals surface area contributed by atoms with Crippen LogP contribution in [0, 0.1) is 41.5 Å². The van der Waals surface area contributed by atoms with E-state index in [-0.39, 0.29) is 71.0 Å². The molecule has 0 amide bonds. The number of carboxylic acids is 1. The summed E-state index contributed by atoms with van der Waals surface area (Å²) in [5, 5.41) is 39.0. The number of hydrogen-bond acceptors (Lipinski definition) is 21. The lowest BCUT2D eigenvalue weighted by Gasteiger charge is -2.37. The fraction of sp³-hybridized carbons (Fsp3) is 0.438. The molecule has 0 saturated carbocycles. The number of ketones is 3. The minimum Gasteiger partial charge on any atom is -0.507 e. The number of carbonyl (C=O) groups is 4. The van der Waals surface area contributed by atoms with Crippen molar-refractivity contribution < 1.29 is 106 Å². The lowest BCUT2D eigenvalue weighted by Crippen LogP contribution is -2.46. The number of aromatic carboxylic acids is 1. The van der Waals surface area contributed by atoms with E-state index in [4.69, 9.17) is 71.4 Å². The number of carbonyl (C=O) groups excluding carboxylic acids is 3. The molecule has 19 rings (SSSR count). The smallest absolute Gasteiger partial charge is 0.339 e. The number of benzene rings is 7. The van der Waals surface area contributed by atoms with E-state index in [1.54, 1.807) is 18.2 Å². The Morgan fingerprint density at radius 3 is 1.22 bits per heavy atom. The molecule has 0 bridgehead atoms. The number of aliphatic hydroxyl groups is 2. The predicted molar refractivity (Wildman–Crippen MR) is 408 cm³/mol. The molecule has 22 nitrogen and oxygen atoms in total. The third-order valence-corrected chi connectivity index (χ3v) is 23.7. The summed E-state index contributed by atoms with van der Waals surface area (Å²) in [6.07, 6.45) is -0.218. The van der Waals surface area contributed by atoms with Gasteiger partial charge in [-0.3, -0.25) is 14.4 Å². The van der Waals surface area contributed by atoms with Crippen LogP contribution in [0.2, 0.25) is 0 Å².